The Morgan fingerprint density at radius 1 is 1.05 bits per heavy atom. The fourth-order valence-corrected chi connectivity index (χ4v) is 1.95. The molecule has 0 aliphatic carbocycles. The standard InChI is InChI=1S/C16H17NO2/c1-12-8-10-14(11-9-12)16(17,19-2)15(18)13-6-4-3-5-7-13/h3-11H,17H2,1-2H3. The van der Waals surface area contributed by atoms with Crippen molar-refractivity contribution in [2.75, 3.05) is 7.11 Å². The first-order valence-corrected chi connectivity index (χ1v) is 6.09. The maximum Gasteiger partial charge on any atom is 0.214 e. The first-order valence-electron chi connectivity index (χ1n) is 6.09. The van der Waals surface area contributed by atoms with Crippen molar-refractivity contribution in [2.24, 2.45) is 5.73 Å². The number of nitrogens with two attached hydrogens (primary N) is 1. The Morgan fingerprint density at radius 2 is 1.63 bits per heavy atom. The zero-order chi connectivity index (χ0) is 13.9. The predicted octanol–water partition coefficient (Wildman–Crippen LogP) is 2.64. The molecule has 0 spiro atoms. The Hall–Kier alpha value is -1.97. The zero-order valence-corrected chi connectivity index (χ0v) is 11.1. The Morgan fingerprint density at radius 3 is 2.16 bits per heavy atom. The summed E-state index contributed by atoms with van der Waals surface area (Å²) in [5, 5.41) is 0. The second kappa shape index (κ2) is 5.34. The van der Waals surface area contributed by atoms with Crippen LogP contribution in [0.2, 0.25) is 0 Å². The highest BCUT2D eigenvalue weighted by molar-refractivity contribution is 6.02. The Balaban J connectivity index is 2.43. The number of benzene rings is 2. The first kappa shape index (κ1) is 13.5. The summed E-state index contributed by atoms with van der Waals surface area (Å²) in [4.78, 5) is 12.5. The minimum absolute atomic E-state index is 0.251. The van der Waals surface area contributed by atoms with Gasteiger partial charge in [0.2, 0.25) is 11.5 Å². The van der Waals surface area contributed by atoms with Crippen molar-refractivity contribution in [3.8, 4) is 0 Å². The summed E-state index contributed by atoms with van der Waals surface area (Å²) >= 11 is 0. The zero-order valence-electron chi connectivity index (χ0n) is 11.1. The summed E-state index contributed by atoms with van der Waals surface area (Å²) in [5.74, 6) is -0.251. The van der Waals surface area contributed by atoms with E-state index in [1.807, 2.05) is 37.3 Å². The first-order chi connectivity index (χ1) is 9.08. The van der Waals surface area contributed by atoms with E-state index >= 15 is 0 Å². The van der Waals surface area contributed by atoms with Gasteiger partial charge >= 0.3 is 0 Å². The van der Waals surface area contributed by atoms with Crippen LogP contribution in [0.3, 0.4) is 0 Å². The summed E-state index contributed by atoms with van der Waals surface area (Å²) in [7, 11) is 1.45. The van der Waals surface area contributed by atoms with Gasteiger partial charge in [0.15, 0.2) is 0 Å². The summed E-state index contributed by atoms with van der Waals surface area (Å²) in [5.41, 5.74) is 7.01. The van der Waals surface area contributed by atoms with Crippen LogP contribution in [-0.4, -0.2) is 12.9 Å². The van der Waals surface area contributed by atoms with Crippen molar-refractivity contribution in [1.82, 2.24) is 0 Å². The highest BCUT2D eigenvalue weighted by atomic mass is 16.5. The maximum absolute atomic E-state index is 12.5. The number of ether oxygens (including phenoxy) is 1. The van der Waals surface area contributed by atoms with Crippen molar-refractivity contribution in [1.29, 1.82) is 0 Å². The maximum atomic E-state index is 12.5. The molecule has 0 aliphatic heterocycles. The third kappa shape index (κ3) is 2.57. The van der Waals surface area contributed by atoms with Crippen LogP contribution in [0.25, 0.3) is 0 Å². The largest absolute Gasteiger partial charge is 0.353 e. The van der Waals surface area contributed by atoms with E-state index in [1.165, 1.54) is 7.11 Å². The van der Waals surface area contributed by atoms with E-state index in [2.05, 4.69) is 0 Å². The minimum atomic E-state index is -1.45. The molecule has 0 aliphatic rings. The molecule has 0 radical (unpaired) electrons. The van der Waals surface area contributed by atoms with Gasteiger partial charge < -0.3 is 4.74 Å². The lowest BCUT2D eigenvalue weighted by molar-refractivity contribution is 0.00261. The highest BCUT2D eigenvalue weighted by Crippen LogP contribution is 2.24. The second-order valence-electron chi connectivity index (χ2n) is 4.50. The molecule has 2 N–H and O–H groups in total. The van der Waals surface area contributed by atoms with Gasteiger partial charge in [-0.05, 0) is 6.92 Å². The van der Waals surface area contributed by atoms with E-state index in [0.29, 0.717) is 11.1 Å². The Bertz CT molecular complexity index is 563. The number of hydrogen-bond acceptors (Lipinski definition) is 3. The number of carbonyl (C=O) groups is 1. The third-order valence-electron chi connectivity index (χ3n) is 3.18. The molecule has 3 nitrogen and oxygen atoms in total. The van der Waals surface area contributed by atoms with Crippen molar-refractivity contribution >= 4 is 5.78 Å². The van der Waals surface area contributed by atoms with E-state index in [0.717, 1.165) is 5.56 Å². The third-order valence-corrected chi connectivity index (χ3v) is 3.18. The molecule has 98 valence electrons. The molecule has 3 heteroatoms. The molecule has 2 aromatic carbocycles. The smallest absolute Gasteiger partial charge is 0.214 e. The van der Waals surface area contributed by atoms with E-state index in [4.69, 9.17) is 10.5 Å². The number of ketones is 1. The van der Waals surface area contributed by atoms with Gasteiger partial charge in [0, 0.05) is 18.2 Å². The lowest BCUT2D eigenvalue weighted by atomic mass is 9.93. The predicted molar refractivity (Wildman–Crippen MR) is 74.8 cm³/mol. The molecule has 0 amide bonds. The summed E-state index contributed by atoms with van der Waals surface area (Å²) in [6, 6.07) is 16.4. The Labute approximate surface area is 113 Å². The SMILES string of the molecule is COC(N)(C(=O)c1ccccc1)c1ccc(C)cc1. The molecule has 0 heterocycles. The van der Waals surface area contributed by atoms with Crippen molar-refractivity contribution in [2.45, 2.75) is 12.6 Å². The number of methoxy groups -OCH3 is 1. The van der Waals surface area contributed by atoms with E-state index in [1.54, 1.807) is 24.3 Å². The molecule has 1 unspecified atom stereocenters. The van der Waals surface area contributed by atoms with Gasteiger partial charge in [-0.15, -0.1) is 0 Å². The molecular formula is C16H17NO2. The quantitative estimate of drug-likeness (QED) is 0.675. The highest BCUT2D eigenvalue weighted by Gasteiger charge is 2.36. The second-order valence-corrected chi connectivity index (χ2v) is 4.50. The van der Waals surface area contributed by atoms with Crippen LogP contribution in [0.1, 0.15) is 21.5 Å². The normalized spacial score (nSPS) is 13.8. The van der Waals surface area contributed by atoms with Crippen molar-refractivity contribution in [3.05, 3.63) is 71.3 Å². The van der Waals surface area contributed by atoms with Crippen LogP contribution < -0.4 is 5.73 Å². The lowest BCUT2D eigenvalue weighted by Gasteiger charge is -2.27. The van der Waals surface area contributed by atoms with Crippen LogP contribution in [0.5, 0.6) is 0 Å². The number of aryl methyl sites for hydroxylation is 1. The molecule has 0 fully saturated rings. The van der Waals surface area contributed by atoms with Gasteiger partial charge in [-0.25, -0.2) is 0 Å². The minimum Gasteiger partial charge on any atom is -0.353 e. The van der Waals surface area contributed by atoms with Crippen LogP contribution in [-0.2, 0) is 10.5 Å². The van der Waals surface area contributed by atoms with Gasteiger partial charge in [0.1, 0.15) is 0 Å². The van der Waals surface area contributed by atoms with Crippen molar-refractivity contribution in [3.63, 3.8) is 0 Å². The molecule has 2 rings (SSSR count). The Kier molecular flexibility index (Phi) is 3.79. The van der Waals surface area contributed by atoms with E-state index < -0.39 is 5.72 Å². The molecule has 1 atom stereocenters. The summed E-state index contributed by atoms with van der Waals surface area (Å²) < 4.78 is 5.31. The molecule has 0 saturated carbocycles. The number of Topliss-reactive ketones (excluding diaryl/α,β-unsaturated/α-hetero) is 1. The number of rotatable bonds is 4. The molecule has 0 aromatic heterocycles. The van der Waals surface area contributed by atoms with E-state index in [-0.39, 0.29) is 5.78 Å². The van der Waals surface area contributed by atoms with E-state index in [9.17, 15) is 4.79 Å². The topological polar surface area (TPSA) is 52.3 Å². The van der Waals surface area contributed by atoms with Crippen LogP contribution in [0.4, 0.5) is 0 Å². The molecule has 2 aromatic rings. The monoisotopic (exact) mass is 255 g/mol. The van der Waals surface area contributed by atoms with Crippen molar-refractivity contribution < 1.29 is 9.53 Å². The van der Waals surface area contributed by atoms with Crippen LogP contribution >= 0.6 is 0 Å². The van der Waals surface area contributed by atoms with Gasteiger partial charge in [-0.1, -0.05) is 60.2 Å². The summed E-state index contributed by atoms with van der Waals surface area (Å²) in [6.45, 7) is 1.98. The molecular weight excluding hydrogens is 238 g/mol. The van der Waals surface area contributed by atoms with Gasteiger partial charge in [-0.3, -0.25) is 10.5 Å². The molecule has 19 heavy (non-hydrogen) atoms. The van der Waals surface area contributed by atoms with Crippen LogP contribution in [0, 0.1) is 6.92 Å². The molecule has 0 bridgehead atoms. The van der Waals surface area contributed by atoms with Crippen LogP contribution in [0.15, 0.2) is 54.6 Å². The molecule has 0 saturated heterocycles. The number of carbonyl (C=O) groups excluding carboxylic acids is 1. The van der Waals surface area contributed by atoms with Gasteiger partial charge in [0.25, 0.3) is 0 Å². The number of hydrogen-bond donors (Lipinski definition) is 1. The average molecular weight is 255 g/mol. The fourth-order valence-electron chi connectivity index (χ4n) is 1.95. The lowest BCUT2D eigenvalue weighted by Crippen LogP contribution is -2.46. The summed E-state index contributed by atoms with van der Waals surface area (Å²) in [6.07, 6.45) is 0. The van der Waals surface area contributed by atoms with Gasteiger partial charge in [0.05, 0.1) is 0 Å². The van der Waals surface area contributed by atoms with Gasteiger partial charge in [-0.2, -0.15) is 0 Å². The fraction of sp³-hybridized carbons (Fsp3) is 0.188. The average Bonchev–Trinajstić information content (AvgIpc) is 2.47.